The fourth-order valence-electron chi connectivity index (χ4n) is 3.38. The number of aliphatic hydroxyl groups is 1. The maximum Gasteiger partial charge on any atom is 0.153 e. The number of nitrogens with zero attached hydrogens (tertiary/aromatic N) is 2. The van der Waals surface area contributed by atoms with Gasteiger partial charge in [-0.25, -0.2) is 13.4 Å². The minimum absolute atomic E-state index is 0.114. The number of fused-ring (bicyclic) bond motifs is 1. The Morgan fingerprint density at radius 1 is 1.30 bits per heavy atom. The summed E-state index contributed by atoms with van der Waals surface area (Å²) in [5.41, 5.74) is 0.871. The van der Waals surface area contributed by atoms with E-state index in [9.17, 15) is 13.5 Å². The van der Waals surface area contributed by atoms with Crippen LogP contribution in [0.4, 0.5) is 0 Å². The molecule has 20 heavy (non-hydrogen) atoms. The minimum atomic E-state index is -2.94. The molecular formula is C14H22N2O3S. The smallest absolute Gasteiger partial charge is 0.153 e. The Kier molecular flexibility index (Phi) is 3.86. The fraction of sp³-hybridized carbons (Fsp3) is 0.786. The van der Waals surface area contributed by atoms with Crippen molar-refractivity contribution in [1.82, 2.24) is 9.55 Å². The first-order valence-electron chi connectivity index (χ1n) is 7.49. The van der Waals surface area contributed by atoms with E-state index in [4.69, 9.17) is 0 Å². The Morgan fingerprint density at radius 2 is 2.15 bits per heavy atom. The summed E-state index contributed by atoms with van der Waals surface area (Å²) < 4.78 is 26.2. The van der Waals surface area contributed by atoms with Crippen LogP contribution in [0, 0.1) is 0 Å². The average molecular weight is 298 g/mol. The Labute approximate surface area is 119 Å². The summed E-state index contributed by atoms with van der Waals surface area (Å²) in [5, 5.41) is 9.14. The van der Waals surface area contributed by atoms with Crippen molar-refractivity contribution in [3.8, 4) is 0 Å². The van der Waals surface area contributed by atoms with Gasteiger partial charge in [0.15, 0.2) is 9.84 Å². The first-order chi connectivity index (χ1) is 9.60. The first-order valence-corrected chi connectivity index (χ1v) is 9.21. The molecule has 0 aromatic carbocycles. The molecular weight excluding hydrogens is 276 g/mol. The van der Waals surface area contributed by atoms with Gasteiger partial charge in [0, 0.05) is 19.0 Å². The zero-order valence-corrected chi connectivity index (χ0v) is 12.5. The van der Waals surface area contributed by atoms with E-state index in [-0.39, 0.29) is 17.9 Å². The number of hydrogen-bond acceptors (Lipinski definition) is 4. The number of hydrogen-bond donors (Lipinski definition) is 1. The molecule has 6 heteroatoms. The molecule has 112 valence electrons. The van der Waals surface area contributed by atoms with Crippen molar-refractivity contribution >= 4 is 9.84 Å². The monoisotopic (exact) mass is 298 g/mol. The van der Waals surface area contributed by atoms with Gasteiger partial charge < -0.3 is 9.67 Å². The van der Waals surface area contributed by atoms with Crippen LogP contribution in [-0.2, 0) is 22.7 Å². The maximum atomic E-state index is 12.1. The molecule has 0 radical (unpaired) electrons. The number of aryl methyl sites for hydroxylation is 1. The summed E-state index contributed by atoms with van der Waals surface area (Å²) in [6, 6.07) is 0.114. The van der Waals surface area contributed by atoms with Gasteiger partial charge in [-0.2, -0.15) is 0 Å². The predicted octanol–water partition coefficient (Wildman–Crippen LogP) is 1.26. The van der Waals surface area contributed by atoms with Gasteiger partial charge in [-0.15, -0.1) is 0 Å². The second kappa shape index (κ2) is 5.48. The summed E-state index contributed by atoms with van der Waals surface area (Å²) in [5.74, 6) is 1.32. The van der Waals surface area contributed by atoms with Crippen molar-refractivity contribution in [2.45, 2.75) is 56.2 Å². The van der Waals surface area contributed by atoms with Gasteiger partial charge >= 0.3 is 0 Å². The Bertz CT molecular complexity index is 579. The lowest BCUT2D eigenvalue weighted by Gasteiger charge is -2.22. The van der Waals surface area contributed by atoms with E-state index in [0.29, 0.717) is 12.2 Å². The van der Waals surface area contributed by atoms with Crippen molar-refractivity contribution < 1.29 is 13.5 Å². The van der Waals surface area contributed by atoms with Gasteiger partial charge in [0.2, 0.25) is 0 Å². The van der Waals surface area contributed by atoms with Gasteiger partial charge in [0.05, 0.1) is 29.3 Å². The van der Waals surface area contributed by atoms with Gasteiger partial charge in [-0.3, -0.25) is 0 Å². The molecule has 0 spiro atoms. The van der Waals surface area contributed by atoms with E-state index in [0.717, 1.165) is 50.0 Å². The molecule has 2 aliphatic rings. The van der Waals surface area contributed by atoms with Gasteiger partial charge in [0.1, 0.15) is 5.82 Å². The highest BCUT2D eigenvalue weighted by molar-refractivity contribution is 7.92. The van der Waals surface area contributed by atoms with Crippen LogP contribution in [0.15, 0.2) is 6.20 Å². The second-order valence-electron chi connectivity index (χ2n) is 5.97. The summed E-state index contributed by atoms with van der Waals surface area (Å²) in [7, 11) is -2.94. The third-order valence-electron chi connectivity index (χ3n) is 4.55. The van der Waals surface area contributed by atoms with E-state index < -0.39 is 9.84 Å². The topological polar surface area (TPSA) is 72.2 Å². The van der Waals surface area contributed by atoms with E-state index in [2.05, 4.69) is 4.98 Å². The maximum absolute atomic E-state index is 12.1. The van der Waals surface area contributed by atoms with Gasteiger partial charge in [-0.05, 0) is 25.7 Å². The summed E-state index contributed by atoms with van der Waals surface area (Å²) in [6.07, 6.45) is 7.98. The van der Waals surface area contributed by atoms with E-state index >= 15 is 0 Å². The Morgan fingerprint density at radius 3 is 2.90 bits per heavy atom. The van der Waals surface area contributed by atoms with Crippen LogP contribution in [0.1, 0.15) is 49.7 Å². The minimum Gasteiger partial charge on any atom is -0.394 e. The quantitative estimate of drug-likeness (QED) is 0.912. The zero-order valence-electron chi connectivity index (χ0n) is 11.7. The zero-order chi connectivity index (χ0) is 14.2. The van der Waals surface area contributed by atoms with Crippen LogP contribution >= 0.6 is 0 Å². The van der Waals surface area contributed by atoms with Crippen LogP contribution in [0.5, 0.6) is 0 Å². The highest BCUT2D eigenvalue weighted by Gasteiger charge is 2.30. The van der Waals surface area contributed by atoms with Crippen molar-refractivity contribution in [3.63, 3.8) is 0 Å². The van der Waals surface area contributed by atoms with Crippen molar-refractivity contribution in [2.24, 2.45) is 0 Å². The average Bonchev–Trinajstić information content (AvgIpc) is 2.83. The molecule has 0 amide bonds. The largest absolute Gasteiger partial charge is 0.394 e. The van der Waals surface area contributed by atoms with E-state index in [1.54, 1.807) is 0 Å². The molecule has 1 N–H and O–H groups in total. The highest BCUT2D eigenvalue weighted by Crippen LogP contribution is 2.27. The molecule has 3 heterocycles. The molecule has 5 nitrogen and oxygen atoms in total. The molecule has 3 rings (SSSR count). The predicted molar refractivity (Wildman–Crippen MR) is 76.4 cm³/mol. The van der Waals surface area contributed by atoms with Crippen LogP contribution < -0.4 is 0 Å². The van der Waals surface area contributed by atoms with Crippen molar-refractivity contribution in [3.05, 3.63) is 17.7 Å². The van der Waals surface area contributed by atoms with Gasteiger partial charge in [-0.1, -0.05) is 6.42 Å². The second-order valence-corrected chi connectivity index (χ2v) is 8.37. The molecule has 0 bridgehead atoms. The number of aliphatic hydroxyl groups excluding tert-OH is 1. The van der Waals surface area contributed by atoms with Crippen LogP contribution in [0.2, 0.25) is 0 Å². The molecule has 0 aliphatic carbocycles. The number of sulfone groups is 1. The lowest BCUT2D eigenvalue weighted by Crippen LogP contribution is -2.30. The Hall–Kier alpha value is -0.880. The SMILES string of the molecule is O=S1(=O)CCCCC1Cc1cn2c(n1)CCCC2CO. The third kappa shape index (κ3) is 2.63. The van der Waals surface area contributed by atoms with Crippen LogP contribution in [0.25, 0.3) is 0 Å². The van der Waals surface area contributed by atoms with Crippen molar-refractivity contribution in [2.75, 3.05) is 12.4 Å². The van der Waals surface area contributed by atoms with Crippen LogP contribution in [-0.4, -0.2) is 40.7 Å². The molecule has 1 fully saturated rings. The standard InChI is InChI=1S/C14H22N2O3S/c17-10-12-4-3-6-14-15-11(9-16(12)14)8-13-5-1-2-7-20(13,18)19/h9,12-13,17H,1-8,10H2. The lowest BCUT2D eigenvalue weighted by molar-refractivity contribution is 0.206. The van der Waals surface area contributed by atoms with Gasteiger partial charge in [0.25, 0.3) is 0 Å². The molecule has 2 unspecified atom stereocenters. The molecule has 1 saturated heterocycles. The summed E-state index contributed by atoms with van der Waals surface area (Å²) in [4.78, 5) is 4.60. The summed E-state index contributed by atoms with van der Waals surface area (Å²) >= 11 is 0. The fourth-order valence-corrected chi connectivity index (χ4v) is 5.28. The molecule has 0 saturated carbocycles. The molecule has 2 atom stereocenters. The van der Waals surface area contributed by atoms with Crippen LogP contribution in [0.3, 0.4) is 0 Å². The number of imidazole rings is 1. The lowest BCUT2D eigenvalue weighted by atomic mass is 10.1. The van der Waals surface area contributed by atoms with E-state index in [1.165, 1.54) is 0 Å². The van der Waals surface area contributed by atoms with E-state index in [1.807, 2.05) is 10.8 Å². The molecule has 1 aromatic heterocycles. The normalized spacial score (nSPS) is 29.1. The Balaban J connectivity index is 1.80. The molecule has 2 aliphatic heterocycles. The first kappa shape index (κ1) is 14.1. The highest BCUT2D eigenvalue weighted by atomic mass is 32.2. The third-order valence-corrected chi connectivity index (χ3v) is 6.83. The number of aromatic nitrogens is 2. The van der Waals surface area contributed by atoms with Crippen molar-refractivity contribution in [1.29, 1.82) is 0 Å². The summed E-state index contributed by atoms with van der Waals surface area (Å²) in [6.45, 7) is 0.129. The molecule has 1 aromatic rings. The number of rotatable bonds is 3.